The van der Waals surface area contributed by atoms with Crippen molar-refractivity contribution in [3.05, 3.63) is 52.3 Å². The first kappa shape index (κ1) is 15.7. The standard InChI is InChI=1S/C17H26N4/c1-5-14-10-17(21(6-2)20-14)16(19-18)11-15-12(3)8-7-9-13(15)4/h7-10,16,19H,5-6,11,18H2,1-4H3. The molecule has 4 nitrogen and oxygen atoms in total. The van der Waals surface area contributed by atoms with E-state index in [9.17, 15) is 0 Å². The number of aromatic nitrogens is 2. The van der Waals surface area contributed by atoms with Gasteiger partial charge in [0.15, 0.2) is 0 Å². The van der Waals surface area contributed by atoms with E-state index in [-0.39, 0.29) is 6.04 Å². The molecule has 0 fully saturated rings. The minimum atomic E-state index is 0.0811. The molecule has 0 aliphatic heterocycles. The van der Waals surface area contributed by atoms with E-state index in [1.807, 2.05) is 0 Å². The molecule has 3 N–H and O–H groups in total. The molecule has 21 heavy (non-hydrogen) atoms. The quantitative estimate of drug-likeness (QED) is 0.634. The highest BCUT2D eigenvalue weighted by Crippen LogP contribution is 2.23. The number of hydrogen-bond donors (Lipinski definition) is 2. The van der Waals surface area contributed by atoms with Gasteiger partial charge >= 0.3 is 0 Å². The van der Waals surface area contributed by atoms with Gasteiger partial charge in [0.05, 0.1) is 17.4 Å². The molecule has 1 aromatic heterocycles. The first-order valence-electron chi connectivity index (χ1n) is 7.68. The van der Waals surface area contributed by atoms with Gasteiger partial charge in [-0.15, -0.1) is 0 Å². The minimum absolute atomic E-state index is 0.0811. The van der Waals surface area contributed by atoms with Crippen LogP contribution in [-0.2, 0) is 19.4 Å². The van der Waals surface area contributed by atoms with Gasteiger partial charge in [0.1, 0.15) is 0 Å². The highest BCUT2D eigenvalue weighted by atomic mass is 15.3. The summed E-state index contributed by atoms with van der Waals surface area (Å²) in [5.74, 6) is 5.84. The van der Waals surface area contributed by atoms with E-state index < -0.39 is 0 Å². The molecule has 1 heterocycles. The Balaban J connectivity index is 2.34. The van der Waals surface area contributed by atoms with Crippen molar-refractivity contribution in [1.82, 2.24) is 15.2 Å². The lowest BCUT2D eigenvalue weighted by atomic mass is 9.95. The maximum atomic E-state index is 5.84. The third-order valence-corrected chi connectivity index (χ3v) is 4.13. The molecule has 2 aromatic rings. The molecule has 114 valence electrons. The second-order valence-electron chi connectivity index (χ2n) is 5.52. The maximum Gasteiger partial charge on any atom is 0.0669 e. The molecule has 0 spiro atoms. The highest BCUT2D eigenvalue weighted by molar-refractivity contribution is 5.35. The normalized spacial score (nSPS) is 12.6. The smallest absolute Gasteiger partial charge is 0.0669 e. The van der Waals surface area contributed by atoms with Gasteiger partial charge in [0.2, 0.25) is 0 Å². The Bertz CT molecular complexity index is 581. The number of nitrogens with zero attached hydrogens (tertiary/aromatic N) is 2. The molecule has 4 heteroatoms. The molecule has 1 aromatic carbocycles. The van der Waals surface area contributed by atoms with Crippen LogP contribution in [0.5, 0.6) is 0 Å². The summed E-state index contributed by atoms with van der Waals surface area (Å²) < 4.78 is 2.05. The predicted octanol–water partition coefficient (Wildman–Crippen LogP) is 2.83. The van der Waals surface area contributed by atoms with Crippen LogP contribution in [0.25, 0.3) is 0 Å². The number of hydrazine groups is 1. The molecular weight excluding hydrogens is 260 g/mol. The molecule has 0 saturated heterocycles. The lowest BCUT2D eigenvalue weighted by molar-refractivity contribution is 0.488. The second-order valence-corrected chi connectivity index (χ2v) is 5.52. The summed E-state index contributed by atoms with van der Waals surface area (Å²) >= 11 is 0. The number of rotatable bonds is 6. The summed E-state index contributed by atoms with van der Waals surface area (Å²) in [6, 6.07) is 8.67. The van der Waals surface area contributed by atoms with Crippen LogP contribution >= 0.6 is 0 Å². The van der Waals surface area contributed by atoms with Crippen LogP contribution in [0.4, 0.5) is 0 Å². The average Bonchev–Trinajstić information content (AvgIpc) is 2.90. The summed E-state index contributed by atoms with van der Waals surface area (Å²) in [5.41, 5.74) is 9.25. The third kappa shape index (κ3) is 3.34. The maximum absolute atomic E-state index is 5.84. The zero-order chi connectivity index (χ0) is 15.4. The lowest BCUT2D eigenvalue weighted by Crippen LogP contribution is -2.31. The van der Waals surface area contributed by atoms with Gasteiger partial charge in [-0.05, 0) is 56.4 Å². The number of aryl methyl sites for hydroxylation is 4. The largest absolute Gasteiger partial charge is 0.271 e. The van der Waals surface area contributed by atoms with E-state index in [2.05, 4.69) is 67.2 Å². The summed E-state index contributed by atoms with van der Waals surface area (Å²) in [6.07, 6.45) is 1.82. The number of benzene rings is 1. The van der Waals surface area contributed by atoms with Crippen molar-refractivity contribution in [2.45, 2.75) is 53.1 Å². The van der Waals surface area contributed by atoms with E-state index in [1.54, 1.807) is 0 Å². The van der Waals surface area contributed by atoms with Crippen molar-refractivity contribution in [2.75, 3.05) is 0 Å². The molecule has 0 saturated carbocycles. The van der Waals surface area contributed by atoms with Gasteiger partial charge in [0.25, 0.3) is 0 Å². The van der Waals surface area contributed by atoms with Gasteiger partial charge in [0, 0.05) is 6.54 Å². The SMILES string of the molecule is CCc1cc(C(Cc2c(C)cccc2C)NN)n(CC)n1. The van der Waals surface area contributed by atoms with Crippen LogP contribution in [-0.4, -0.2) is 9.78 Å². The molecule has 0 bridgehead atoms. The van der Waals surface area contributed by atoms with Crippen LogP contribution in [0.15, 0.2) is 24.3 Å². The Morgan fingerprint density at radius 2 is 1.90 bits per heavy atom. The summed E-state index contributed by atoms with van der Waals surface area (Å²) in [6.45, 7) is 9.42. The zero-order valence-electron chi connectivity index (χ0n) is 13.5. The molecule has 1 atom stereocenters. The fourth-order valence-corrected chi connectivity index (χ4v) is 2.82. The molecule has 2 rings (SSSR count). The predicted molar refractivity (Wildman–Crippen MR) is 87.0 cm³/mol. The number of hydrogen-bond acceptors (Lipinski definition) is 3. The second kappa shape index (κ2) is 6.87. The van der Waals surface area contributed by atoms with Crippen molar-refractivity contribution in [3.63, 3.8) is 0 Å². The summed E-state index contributed by atoms with van der Waals surface area (Å²) in [7, 11) is 0. The van der Waals surface area contributed by atoms with Gasteiger partial charge in [-0.3, -0.25) is 16.0 Å². The molecule has 0 amide bonds. The van der Waals surface area contributed by atoms with Gasteiger partial charge in [-0.25, -0.2) is 0 Å². The molecule has 0 aliphatic carbocycles. The Kier molecular flexibility index (Phi) is 5.15. The van der Waals surface area contributed by atoms with Gasteiger partial charge in [-0.2, -0.15) is 5.10 Å². The minimum Gasteiger partial charge on any atom is -0.271 e. The molecule has 0 aliphatic rings. The van der Waals surface area contributed by atoms with Crippen LogP contribution in [0, 0.1) is 13.8 Å². The van der Waals surface area contributed by atoms with Crippen LogP contribution < -0.4 is 11.3 Å². The van der Waals surface area contributed by atoms with E-state index in [0.29, 0.717) is 0 Å². The van der Waals surface area contributed by atoms with Gasteiger partial charge in [-0.1, -0.05) is 25.1 Å². The van der Waals surface area contributed by atoms with Crippen molar-refractivity contribution >= 4 is 0 Å². The molecular formula is C17H26N4. The van der Waals surface area contributed by atoms with E-state index in [1.165, 1.54) is 22.4 Å². The first-order chi connectivity index (χ1) is 10.1. The summed E-state index contributed by atoms with van der Waals surface area (Å²) in [4.78, 5) is 0. The monoisotopic (exact) mass is 286 g/mol. The van der Waals surface area contributed by atoms with Crippen LogP contribution in [0.3, 0.4) is 0 Å². The molecule has 0 radical (unpaired) electrons. The van der Waals surface area contributed by atoms with E-state index in [4.69, 9.17) is 5.84 Å². The van der Waals surface area contributed by atoms with Crippen molar-refractivity contribution in [1.29, 1.82) is 0 Å². The number of nitrogens with two attached hydrogens (primary N) is 1. The molecule has 1 unspecified atom stereocenters. The fourth-order valence-electron chi connectivity index (χ4n) is 2.82. The topological polar surface area (TPSA) is 55.9 Å². The average molecular weight is 286 g/mol. The summed E-state index contributed by atoms with van der Waals surface area (Å²) in [5, 5.41) is 4.62. The van der Waals surface area contributed by atoms with Crippen molar-refractivity contribution < 1.29 is 0 Å². The number of nitrogens with one attached hydrogen (secondary N) is 1. The van der Waals surface area contributed by atoms with Crippen LogP contribution in [0.1, 0.15) is 48.0 Å². The Hall–Kier alpha value is -1.65. The van der Waals surface area contributed by atoms with Crippen molar-refractivity contribution in [2.24, 2.45) is 5.84 Å². The Morgan fingerprint density at radius 3 is 2.43 bits per heavy atom. The first-order valence-corrected chi connectivity index (χ1v) is 7.68. The fraction of sp³-hybridized carbons (Fsp3) is 0.471. The van der Waals surface area contributed by atoms with Crippen molar-refractivity contribution in [3.8, 4) is 0 Å². The van der Waals surface area contributed by atoms with Crippen LogP contribution in [0.2, 0.25) is 0 Å². The zero-order valence-corrected chi connectivity index (χ0v) is 13.5. The highest BCUT2D eigenvalue weighted by Gasteiger charge is 2.18. The third-order valence-electron chi connectivity index (χ3n) is 4.13. The van der Waals surface area contributed by atoms with E-state index in [0.717, 1.165) is 25.1 Å². The van der Waals surface area contributed by atoms with E-state index >= 15 is 0 Å². The lowest BCUT2D eigenvalue weighted by Gasteiger charge is -2.19. The Labute approximate surface area is 127 Å². The Morgan fingerprint density at radius 1 is 1.24 bits per heavy atom. The van der Waals surface area contributed by atoms with Gasteiger partial charge < -0.3 is 0 Å².